The molecule has 242 valence electrons. The van der Waals surface area contributed by atoms with E-state index in [0.29, 0.717) is 33.8 Å². The van der Waals surface area contributed by atoms with E-state index >= 15 is 0 Å². The molecule has 0 spiro atoms. The van der Waals surface area contributed by atoms with E-state index < -0.39 is 6.10 Å². The third kappa shape index (κ3) is 5.56. The minimum absolute atomic E-state index is 0.129. The van der Waals surface area contributed by atoms with Crippen molar-refractivity contribution in [3.05, 3.63) is 167 Å². The van der Waals surface area contributed by atoms with Crippen molar-refractivity contribution in [1.29, 1.82) is 10.5 Å². The van der Waals surface area contributed by atoms with Crippen LogP contribution in [-0.4, -0.2) is 33.9 Å². The molecular weight excluding hydrogens is 624 g/mol. The zero-order valence-electron chi connectivity index (χ0n) is 27.2. The normalized spacial score (nSPS) is 11.5. The fourth-order valence-electron chi connectivity index (χ4n) is 6.32. The molecule has 0 saturated carbocycles. The van der Waals surface area contributed by atoms with Gasteiger partial charge in [0.1, 0.15) is 29.7 Å². The van der Waals surface area contributed by atoms with E-state index in [4.69, 9.17) is 9.47 Å². The second kappa shape index (κ2) is 13.3. The number of methoxy groups -OCH3 is 2. The van der Waals surface area contributed by atoms with Gasteiger partial charge in [0, 0.05) is 5.56 Å². The van der Waals surface area contributed by atoms with Crippen molar-refractivity contribution >= 4 is 38.6 Å². The summed E-state index contributed by atoms with van der Waals surface area (Å²) in [5.41, 5.74) is 6.89. The Kier molecular flexibility index (Phi) is 8.45. The van der Waals surface area contributed by atoms with Gasteiger partial charge in [0.25, 0.3) is 0 Å². The van der Waals surface area contributed by atoms with Crippen molar-refractivity contribution in [2.75, 3.05) is 14.2 Å². The lowest BCUT2D eigenvalue weighted by Crippen LogP contribution is -2.05. The first-order chi connectivity index (χ1) is 24.4. The van der Waals surface area contributed by atoms with E-state index in [-0.39, 0.29) is 5.78 Å². The van der Waals surface area contributed by atoms with E-state index in [1.54, 1.807) is 50.6 Å². The summed E-state index contributed by atoms with van der Waals surface area (Å²) in [5.74, 6) is 1.30. The van der Waals surface area contributed by atoms with E-state index in [1.165, 1.54) is 0 Å². The van der Waals surface area contributed by atoms with Gasteiger partial charge in [-0.2, -0.15) is 10.5 Å². The van der Waals surface area contributed by atoms with Gasteiger partial charge in [-0.1, -0.05) is 60.7 Å². The van der Waals surface area contributed by atoms with Crippen LogP contribution in [-0.2, 0) is 0 Å². The molecule has 8 nitrogen and oxygen atoms in total. The molecule has 1 N–H and O–H groups in total. The predicted molar refractivity (Wildman–Crippen MR) is 193 cm³/mol. The first-order valence-corrected chi connectivity index (χ1v) is 15.8. The number of aromatic nitrogens is 2. The van der Waals surface area contributed by atoms with Crippen LogP contribution in [0.25, 0.3) is 32.8 Å². The molecule has 1 atom stereocenters. The first-order valence-electron chi connectivity index (χ1n) is 15.8. The molecule has 1 unspecified atom stereocenters. The summed E-state index contributed by atoms with van der Waals surface area (Å²) in [7, 11) is 3.19. The zero-order chi connectivity index (χ0) is 34.8. The highest BCUT2D eigenvalue weighted by Gasteiger charge is 2.20. The summed E-state index contributed by atoms with van der Waals surface area (Å²) >= 11 is 0. The Hall–Kier alpha value is -6.87. The lowest BCUT2D eigenvalue weighted by atomic mass is 10.1. The topological polar surface area (TPSA) is 112 Å². The van der Waals surface area contributed by atoms with Crippen molar-refractivity contribution in [3.63, 3.8) is 0 Å². The fraction of sp³-hybridized carbons (Fsp3) is 0.0714. The van der Waals surface area contributed by atoms with E-state index in [2.05, 4.69) is 12.1 Å². The molecule has 0 saturated heterocycles. The number of fused-ring (bicyclic) bond motifs is 6. The number of pyridine rings is 2. The second-order valence-electron chi connectivity index (χ2n) is 11.6. The van der Waals surface area contributed by atoms with Crippen LogP contribution < -0.4 is 9.47 Å². The number of hydrogen-bond acceptors (Lipinski definition) is 6. The Morgan fingerprint density at radius 1 is 0.620 bits per heavy atom. The number of para-hydroxylation sites is 2. The summed E-state index contributed by atoms with van der Waals surface area (Å²) in [6.07, 6.45) is -0.841. The predicted octanol–water partition coefficient (Wildman–Crippen LogP) is 8.26. The Balaban J connectivity index is 0.000000157. The maximum Gasteiger partial charge on any atom is 0.209 e. The minimum Gasteiger partial charge on any atom is -0.497 e. The van der Waals surface area contributed by atoms with Crippen LogP contribution in [0.2, 0.25) is 0 Å². The third-order valence-electron chi connectivity index (χ3n) is 8.84. The maximum absolute atomic E-state index is 13.1. The average Bonchev–Trinajstić information content (AvgIpc) is 3.77. The van der Waals surface area contributed by atoms with Crippen LogP contribution in [0.1, 0.15) is 44.5 Å². The molecular formula is C42H30N4O4. The van der Waals surface area contributed by atoms with E-state index in [0.717, 1.165) is 44.2 Å². The summed E-state index contributed by atoms with van der Waals surface area (Å²) in [5, 5.41) is 31.9. The number of hydrogen-bond donors (Lipinski definition) is 1. The quantitative estimate of drug-likeness (QED) is 0.181. The van der Waals surface area contributed by atoms with Crippen LogP contribution in [0.4, 0.5) is 0 Å². The molecule has 0 radical (unpaired) electrons. The van der Waals surface area contributed by atoms with Crippen molar-refractivity contribution < 1.29 is 19.4 Å². The maximum atomic E-state index is 13.1. The minimum atomic E-state index is -0.841. The molecule has 0 fully saturated rings. The molecule has 4 aromatic carbocycles. The van der Waals surface area contributed by atoms with Crippen molar-refractivity contribution in [2.24, 2.45) is 0 Å². The number of aliphatic hydroxyl groups is 1. The largest absolute Gasteiger partial charge is 0.497 e. The Labute approximate surface area is 287 Å². The van der Waals surface area contributed by atoms with Gasteiger partial charge < -0.3 is 23.4 Å². The van der Waals surface area contributed by atoms with Gasteiger partial charge >= 0.3 is 0 Å². The molecule has 50 heavy (non-hydrogen) atoms. The number of carbonyl (C=O) groups is 1. The zero-order valence-corrected chi connectivity index (χ0v) is 27.2. The number of aliphatic hydroxyl groups excluding tert-OH is 1. The highest BCUT2D eigenvalue weighted by Crippen LogP contribution is 2.31. The Bertz CT molecular complexity index is 2620. The first kappa shape index (κ1) is 31.7. The molecule has 8 aromatic rings. The second-order valence-corrected chi connectivity index (χ2v) is 11.6. The van der Waals surface area contributed by atoms with Crippen molar-refractivity contribution in [3.8, 4) is 23.6 Å². The van der Waals surface area contributed by atoms with Crippen LogP contribution in [0.3, 0.4) is 0 Å². The highest BCUT2D eigenvalue weighted by atomic mass is 16.5. The van der Waals surface area contributed by atoms with Crippen LogP contribution in [0.15, 0.2) is 133 Å². The summed E-state index contributed by atoms with van der Waals surface area (Å²) in [4.78, 5) is 13.1. The lowest BCUT2D eigenvalue weighted by molar-refractivity contribution is 0.103. The van der Waals surface area contributed by atoms with Gasteiger partial charge in [0.15, 0.2) is 0 Å². The third-order valence-corrected chi connectivity index (χ3v) is 8.84. The SMILES string of the molecule is COc1ccc(C(=O)c2cc(C#N)c3ccc4ccccc4n23)cc1.COc1ccc(C(O)c2cc(C#N)c3ccc4ccccc4n23)cc1. The fourth-order valence-corrected chi connectivity index (χ4v) is 6.32. The number of benzene rings is 4. The standard InChI is InChI=1S/C21H16N2O2.C21H14N2O2/c2*1-25-17-9-6-15(7-10-17)21(24)20-12-16(13-22)19-11-8-14-4-2-3-5-18(14)23(19)20/h2-12,21,24H,1H3;2-12H,1H3. The van der Waals surface area contributed by atoms with Gasteiger partial charge in [-0.25, -0.2) is 0 Å². The molecule has 4 heterocycles. The Morgan fingerprint density at radius 2 is 1.12 bits per heavy atom. The molecule has 0 aliphatic rings. The number of nitriles is 2. The molecule has 0 aliphatic carbocycles. The van der Waals surface area contributed by atoms with Gasteiger partial charge in [-0.3, -0.25) is 4.79 Å². The van der Waals surface area contributed by atoms with Gasteiger partial charge in [0.05, 0.1) is 58.8 Å². The van der Waals surface area contributed by atoms with Gasteiger partial charge in [0.2, 0.25) is 5.78 Å². The molecule has 0 bridgehead atoms. The molecule has 4 aromatic heterocycles. The number of nitrogens with zero attached hydrogens (tertiary/aromatic N) is 4. The average molecular weight is 655 g/mol. The van der Waals surface area contributed by atoms with Crippen LogP contribution >= 0.6 is 0 Å². The number of ketones is 1. The smallest absolute Gasteiger partial charge is 0.209 e. The van der Waals surface area contributed by atoms with Gasteiger partial charge in [-0.05, 0) is 89.1 Å². The number of rotatable bonds is 6. The van der Waals surface area contributed by atoms with Crippen molar-refractivity contribution in [2.45, 2.75) is 6.10 Å². The molecule has 8 rings (SSSR count). The highest BCUT2D eigenvalue weighted by molar-refractivity contribution is 6.10. The molecule has 8 heteroatoms. The van der Waals surface area contributed by atoms with E-state index in [9.17, 15) is 20.4 Å². The Morgan fingerprint density at radius 3 is 1.68 bits per heavy atom. The number of carbonyl (C=O) groups excluding carboxylic acids is 1. The monoisotopic (exact) mass is 654 g/mol. The van der Waals surface area contributed by atoms with Gasteiger partial charge in [-0.15, -0.1) is 0 Å². The lowest BCUT2D eigenvalue weighted by Gasteiger charge is -2.14. The van der Waals surface area contributed by atoms with Crippen molar-refractivity contribution in [1.82, 2.24) is 8.80 Å². The summed E-state index contributed by atoms with van der Waals surface area (Å²) in [6.45, 7) is 0. The molecule has 0 aliphatic heterocycles. The van der Waals surface area contributed by atoms with Crippen LogP contribution in [0, 0.1) is 22.7 Å². The summed E-state index contributed by atoms with van der Waals surface area (Å²) < 4.78 is 14.1. The number of ether oxygens (including phenoxy) is 2. The molecule has 0 amide bonds. The van der Waals surface area contributed by atoms with E-state index in [1.807, 2.05) is 106 Å². The van der Waals surface area contributed by atoms with Crippen LogP contribution in [0.5, 0.6) is 11.5 Å². The summed E-state index contributed by atoms with van der Waals surface area (Å²) in [6, 6.07) is 45.6.